The summed E-state index contributed by atoms with van der Waals surface area (Å²) in [6.45, 7) is 1.59. The van der Waals surface area contributed by atoms with Crippen LogP contribution in [0.2, 0.25) is 0 Å². The maximum Gasteiger partial charge on any atom is 0.420 e. The molecule has 0 atom stereocenters. The molecular weight excluding hydrogens is 237 g/mol. The summed E-state index contributed by atoms with van der Waals surface area (Å²) in [6, 6.07) is 2.32. The second kappa shape index (κ2) is 5.07. The molecule has 0 aliphatic heterocycles. The van der Waals surface area contributed by atoms with Crippen molar-refractivity contribution in [3.8, 4) is 11.5 Å². The minimum Gasteiger partial charge on any atom is -0.493 e. The van der Waals surface area contributed by atoms with E-state index in [9.17, 15) is 18.0 Å². The standard InChI is InChI=1S/C11H11F3O3/c1-3-17-10-8(16-2)5-4-7(6-15)9(10)11(12,13)14/h4-6H,3H2,1-2H3. The van der Waals surface area contributed by atoms with Crippen molar-refractivity contribution < 1.29 is 27.4 Å². The van der Waals surface area contributed by atoms with Crippen molar-refractivity contribution in [2.24, 2.45) is 0 Å². The van der Waals surface area contributed by atoms with Crippen LogP contribution in [0.25, 0.3) is 0 Å². The van der Waals surface area contributed by atoms with Gasteiger partial charge in [0.15, 0.2) is 17.8 Å². The van der Waals surface area contributed by atoms with Gasteiger partial charge in [0.25, 0.3) is 0 Å². The minimum atomic E-state index is -4.67. The molecule has 0 bridgehead atoms. The van der Waals surface area contributed by atoms with E-state index in [-0.39, 0.29) is 18.6 Å². The van der Waals surface area contributed by atoms with Crippen LogP contribution < -0.4 is 9.47 Å². The number of carbonyl (C=O) groups excluding carboxylic acids is 1. The SMILES string of the molecule is CCOc1c(OC)ccc(C=O)c1C(F)(F)F. The largest absolute Gasteiger partial charge is 0.493 e. The third-order valence-electron chi connectivity index (χ3n) is 2.07. The Morgan fingerprint density at radius 3 is 2.41 bits per heavy atom. The smallest absolute Gasteiger partial charge is 0.420 e. The highest BCUT2D eigenvalue weighted by Gasteiger charge is 2.38. The van der Waals surface area contributed by atoms with Gasteiger partial charge in [-0.25, -0.2) is 0 Å². The molecule has 0 saturated heterocycles. The van der Waals surface area contributed by atoms with Crippen LogP contribution in [0.1, 0.15) is 22.8 Å². The van der Waals surface area contributed by atoms with Gasteiger partial charge in [-0.05, 0) is 19.1 Å². The maximum atomic E-state index is 12.8. The predicted molar refractivity (Wildman–Crippen MR) is 54.6 cm³/mol. The second-order valence-corrected chi connectivity index (χ2v) is 3.11. The van der Waals surface area contributed by atoms with Crippen LogP contribution in [0.5, 0.6) is 11.5 Å². The van der Waals surface area contributed by atoms with Crippen molar-refractivity contribution in [2.45, 2.75) is 13.1 Å². The minimum absolute atomic E-state index is 0.0434. The van der Waals surface area contributed by atoms with Crippen molar-refractivity contribution in [2.75, 3.05) is 13.7 Å². The quantitative estimate of drug-likeness (QED) is 0.768. The van der Waals surface area contributed by atoms with Crippen LogP contribution in [0.3, 0.4) is 0 Å². The number of alkyl halides is 3. The first kappa shape index (κ1) is 13.3. The molecule has 0 unspecified atom stereocenters. The van der Waals surface area contributed by atoms with E-state index in [1.165, 1.54) is 13.2 Å². The van der Waals surface area contributed by atoms with Crippen LogP contribution in [0.4, 0.5) is 13.2 Å². The van der Waals surface area contributed by atoms with Crippen LogP contribution in [-0.2, 0) is 6.18 Å². The van der Waals surface area contributed by atoms with Gasteiger partial charge in [0.1, 0.15) is 5.56 Å². The highest BCUT2D eigenvalue weighted by molar-refractivity contribution is 5.80. The van der Waals surface area contributed by atoms with Gasteiger partial charge in [-0.15, -0.1) is 0 Å². The fraction of sp³-hybridized carbons (Fsp3) is 0.364. The molecule has 1 aromatic rings. The lowest BCUT2D eigenvalue weighted by atomic mass is 10.1. The Kier molecular flexibility index (Phi) is 3.98. The van der Waals surface area contributed by atoms with Crippen LogP contribution in [-0.4, -0.2) is 20.0 Å². The van der Waals surface area contributed by atoms with Gasteiger partial charge in [0.2, 0.25) is 0 Å². The Labute approximate surface area is 96.1 Å². The number of aldehydes is 1. The van der Waals surface area contributed by atoms with E-state index in [1.807, 2.05) is 0 Å². The monoisotopic (exact) mass is 248 g/mol. The van der Waals surface area contributed by atoms with Crippen LogP contribution in [0.15, 0.2) is 12.1 Å². The molecule has 0 saturated carbocycles. The summed E-state index contributed by atoms with van der Waals surface area (Å²) in [5.41, 5.74) is -1.57. The summed E-state index contributed by atoms with van der Waals surface area (Å²) in [4.78, 5) is 10.6. The van der Waals surface area contributed by atoms with Gasteiger partial charge in [-0.2, -0.15) is 13.2 Å². The molecule has 6 heteroatoms. The first-order valence-electron chi connectivity index (χ1n) is 4.81. The number of benzene rings is 1. The third kappa shape index (κ3) is 2.69. The molecule has 94 valence electrons. The summed E-state index contributed by atoms with van der Waals surface area (Å²) in [7, 11) is 1.23. The fourth-order valence-electron chi connectivity index (χ4n) is 1.42. The van der Waals surface area contributed by atoms with Gasteiger partial charge in [-0.1, -0.05) is 0 Å². The molecule has 1 aromatic carbocycles. The van der Waals surface area contributed by atoms with Crippen molar-refractivity contribution in [1.82, 2.24) is 0 Å². The number of carbonyl (C=O) groups is 1. The lowest BCUT2D eigenvalue weighted by Crippen LogP contribution is -2.13. The number of hydrogen-bond donors (Lipinski definition) is 0. The highest BCUT2D eigenvalue weighted by atomic mass is 19.4. The van der Waals surface area contributed by atoms with E-state index < -0.39 is 23.1 Å². The normalized spacial score (nSPS) is 11.1. The number of ether oxygens (including phenoxy) is 2. The Hall–Kier alpha value is -1.72. The van der Waals surface area contributed by atoms with E-state index in [4.69, 9.17) is 9.47 Å². The Balaban J connectivity index is 3.52. The Bertz CT molecular complexity index is 413. The second-order valence-electron chi connectivity index (χ2n) is 3.11. The molecule has 0 aromatic heterocycles. The van der Waals surface area contributed by atoms with Gasteiger partial charge in [0.05, 0.1) is 13.7 Å². The number of rotatable bonds is 4. The zero-order chi connectivity index (χ0) is 13.1. The summed E-state index contributed by atoms with van der Waals surface area (Å²) < 4.78 is 48.2. The molecule has 0 radical (unpaired) electrons. The molecule has 0 amide bonds. The van der Waals surface area contributed by atoms with Crippen molar-refractivity contribution >= 4 is 6.29 Å². The molecule has 17 heavy (non-hydrogen) atoms. The van der Waals surface area contributed by atoms with Crippen molar-refractivity contribution in [3.63, 3.8) is 0 Å². The van der Waals surface area contributed by atoms with Crippen LogP contribution >= 0.6 is 0 Å². The number of methoxy groups -OCH3 is 1. The van der Waals surface area contributed by atoms with Gasteiger partial charge in [0, 0.05) is 5.56 Å². The first-order valence-corrected chi connectivity index (χ1v) is 4.81. The lowest BCUT2D eigenvalue weighted by molar-refractivity contribution is -0.139. The van der Waals surface area contributed by atoms with Gasteiger partial charge >= 0.3 is 6.18 Å². The third-order valence-corrected chi connectivity index (χ3v) is 2.07. The van der Waals surface area contributed by atoms with E-state index in [0.717, 1.165) is 6.07 Å². The van der Waals surface area contributed by atoms with Gasteiger partial charge < -0.3 is 9.47 Å². The van der Waals surface area contributed by atoms with E-state index in [0.29, 0.717) is 0 Å². The summed E-state index contributed by atoms with van der Waals surface area (Å²) in [6.07, 6.45) is -4.53. The van der Waals surface area contributed by atoms with E-state index >= 15 is 0 Å². The average molecular weight is 248 g/mol. The number of halogens is 3. The highest BCUT2D eigenvalue weighted by Crippen LogP contribution is 2.43. The number of hydrogen-bond acceptors (Lipinski definition) is 3. The molecule has 0 heterocycles. The molecule has 0 N–H and O–H groups in total. The van der Waals surface area contributed by atoms with E-state index in [2.05, 4.69) is 0 Å². The van der Waals surface area contributed by atoms with E-state index in [1.54, 1.807) is 6.92 Å². The molecule has 0 aliphatic carbocycles. The molecule has 3 nitrogen and oxygen atoms in total. The summed E-state index contributed by atoms with van der Waals surface area (Å²) in [5, 5.41) is 0. The molecule has 0 aliphatic rings. The predicted octanol–water partition coefficient (Wildman–Crippen LogP) is 2.93. The lowest BCUT2D eigenvalue weighted by Gasteiger charge is -2.17. The maximum absolute atomic E-state index is 12.8. The van der Waals surface area contributed by atoms with Crippen LogP contribution in [0, 0.1) is 0 Å². The molecule has 1 rings (SSSR count). The first-order chi connectivity index (χ1) is 7.95. The summed E-state index contributed by atoms with van der Waals surface area (Å²) in [5.74, 6) is -0.503. The summed E-state index contributed by atoms with van der Waals surface area (Å²) >= 11 is 0. The molecule has 0 fully saturated rings. The topological polar surface area (TPSA) is 35.5 Å². The van der Waals surface area contributed by atoms with Crippen molar-refractivity contribution in [3.05, 3.63) is 23.3 Å². The Morgan fingerprint density at radius 1 is 1.35 bits per heavy atom. The zero-order valence-electron chi connectivity index (χ0n) is 9.30. The molecular formula is C11H11F3O3. The zero-order valence-corrected chi connectivity index (χ0v) is 9.30. The van der Waals surface area contributed by atoms with Gasteiger partial charge in [-0.3, -0.25) is 4.79 Å². The average Bonchev–Trinajstić information content (AvgIpc) is 2.27. The Morgan fingerprint density at radius 2 is 2.00 bits per heavy atom. The molecule has 0 spiro atoms. The fourth-order valence-corrected chi connectivity index (χ4v) is 1.42. The van der Waals surface area contributed by atoms with Crippen molar-refractivity contribution in [1.29, 1.82) is 0 Å².